The van der Waals surface area contributed by atoms with Crippen molar-refractivity contribution in [3.63, 3.8) is 0 Å². The second kappa shape index (κ2) is 11.1. The van der Waals surface area contributed by atoms with Crippen molar-refractivity contribution in [3.05, 3.63) is 89.5 Å². The minimum atomic E-state index is 0.163. The van der Waals surface area contributed by atoms with Gasteiger partial charge in [-0.05, 0) is 53.1 Å². The molecule has 6 heteroatoms. The molecule has 4 rings (SSSR count). The second-order valence-electron chi connectivity index (χ2n) is 8.93. The third-order valence-electron chi connectivity index (χ3n) is 6.17. The highest BCUT2D eigenvalue weighted by atomic mass is 16.5. The van der Waals surface area contributed by atoms with E-state index in [4.69, 9.17) is 4.74 Å². The van der Waals surface area contributed by atoms with Gasteiger partial charge in [0.15, 0.2) is 0 Å². The molecule has 0 radical (unpaired) electrons. The Morgan fingerprint density at radius 1 is 0.882 bits per heavy atom. The maximum Gasteiger partial charge on any atom is 0.236 e. The molecular formula is C28H34N4O2. The van der Waals surface area contributed by atoms with Gasteiger partial charge in [-0.2, -0.15) is 0 Å². The number of benzene rings is 3. The summed E-state index contributed by atoms with van der Waals surface area (Å²) in [6.07, 6.45) is 0. The average molecular weight is 459 g/mol. The van der Waals surface area contributed by atoms with Crippen LogP contribution in [0, 0.1) is 0 Å². The fraction of sp³-hybridized carbons (Fsp3) is 0.321. The first kappa shape index (κ1) is 23.6. The van der Waals surface area contributed by atoms with E-state index in [0.29, 0.717) is 13.1 Å². The Balaban J connectivity index is 1.56. The third-order valence-corrected chi connectivity index (χ3v) is 6.17. The van der Waals surface area contributed by atoms with E-state index in [1.807, 2.05) is 17.0 Å². The van der Waals surface area contributed by atoms with Crippen molar-refractivity contribution in [2.75, 3.05) is 50.6 Å². The molecule has 1 aliphatic heterocycles. The minimum Gasteiger partial charge on any atom is -0.497 e. The first-order valence-corrected chi connectivity index (χ1v) is 11.7. The van der Waals surface area contributed by atoms with E-state index in [9.17, 15) is 4.79 Å². The zero-order chi connectivity index (χ0) is 23.9. The van der Waals surface area contributed by atoms with Gasteiger partial charge in [-0.15, -0.1) is 0 Å². The smallest absolute Gasteiger partial charge is 0.236 e. The van der Waals surface area contributed by atoms with Crippen molar-refractivity contribution in [2.45, 2.75) is 19.6 Å². The maximum absolute atomic E-state index is 12.1. The summed E-state index contributed by atoms with van der Waals surface area (Å²) >= 11 is 0. The molecule has 1 aliphatic rings. The molecule has 0 saturated carbocycles. The van der Waals surface area contributed by atoms with Crippen LogP contribution in [0.4, 0.5) is 11.4 Å². The number of hydrogen-bond donors (Lipinski definition) is 1. The van der Waals surface area contributed by atoms with Crippen molar-refractivity contribution in [3.8, 4) is 5.75 Å². The summed E-state index contributed by atoms with van der Waals surface area (Å²) in [5, 5.41) is 3.13. The summed E-state index contributed by atoms with van der Waals surface area (Å²) < 4.78 is 5.44. The molecule has 178 valence electrons. The molecule has 3 aromatic rings. The second-order valence-corrected chi connectivity index (χ2v) is 8.93. The van der Waals surface area contributed by atoms with E-state index in [2.05, 4.69) is 89.9 Å². The van der Waals surface area contributed by atoms with Crippen LogP contribution in [0.15, 0.2) is 72.8 Å². The van der Waals surface area contributed by atoms with Crippen molar-refractivity contribution < 1.29 is 9.53 Å². The van der Waals surface area contributed by atoms with Crippen LogP contribution in [0.5, 0.6) is 5.75 Å². The number of carbonyl (C=O) groups is 1. The summed E-state index contributed by atoms with van der Waals surface area (Å²) in [6.45, 7) is 4.24. The zero-order valence-electron chi connectivity index (χ0n) is 20.3. The van der Waals surface area contributed by atoms with E-state index in [0.717, 1.165) is 43.2 Å². The monoisotopic (exact) mass is 458 g/mol. The Morgan fingerprint density at radius 3 is 2.26 bits per heavy atom. The molecule has 1 saturated heterocycles. The molecule has 0 aliphatic carbocycles. The lowest BCUT2D eigenvalue weighted by atomic mass is 10.1. The summed E-state index contributed by atoms with van der Waals surface area (Å²) in [4.78, 5) is 18.6. The number of hydrogen-bond acceptors (Lipinski definition) is 5. The lowest BCUT2D eigenvalue weighted by molar-refractivity contribution is -0.132. The summed E-state index contributed by atoms with van der Waals surface area (Å²) in [5.41, 5.74) is 5.93. The molecule has 0 aromatic heterocycles. The number of carbonyl (C=O) groups excluding carboxylic acids is 1. The Labute approximate surface area is 202 Å². The molecule has 34 heavy (non-hydrogen) atoms. The quantitative estimate of drug-likeness (QED) is 0.527. The fourth-order valence-corrected chi connectivity index (χ4v) is 4.23. The average Bonchev–Trinajstić information content (AvgIpc) is 2.86. The Bertz CT molecular complexity index is 1100. The van der Waals surface area contributed by atoms with Crippen molar-refractivity contribution in [1.82, 2.24) is 10.2 Å². The fourth-order valence-electron chi connectivity index (χ4n) is 4.23. The highest BCUT2D eigenvalue weighted by Gasteiger charge is 2.18. The number of nitrogens with one attached hydrogen (secondary N) is 1. The highest BCUT2D eigenvalue weighted by Crippen LogP contribution is 2.24. The molecule has 1 heterocycles. The van der Waals surface area contributed by atoms with Crippen molar-refractivity contribution in [1.29, 1.82) is 0 Å². The van der Waals surface area contributed by atoms with Crippen LogP contribution < -0.4 is 19.9 Å². The maximum atomic E-state index is 12.1. The van der Waals surface area contributed by atoms with E-state index >= 15 is 0 Å². The van der Waals surface area contributed by atoms with Gasteiger partial charge in [0.25, 0.3) is 0 Å². The molecule has 0 spiro atoms. The molecule has 3 aromatic carbocycles. The van der Waals surface area contributed by atoms with Crippen LogP contribution in [-0.4, -0.2) is 51.6 Å². The number of piperazine rings is 1. The molecular weight excluding hydrogens is 424 g/mol. The van der Waals surface area contributed by atoms with Crippen LogP contribution in [0.1, 0.15) is 16.7 Å². The number of nitrogens with zero attached hydrogens (tertiary/aromatic N) is 3. The topological polar surface area (TPSA) is 48.1 Å². The van der Waals surface area contributed by atoms with E-state index in [1.165, 1.54) is 16.8 Å². The van der Waals surface area contributed by atoms with E-state index in [-0.39, 0.29) is 5.91 Å². The lowest BCUT2D eigenvalue weighted by Crippen LogP contribution is -2.47. The summed E-state index contributed by atoms with van der Waals surface area (Å²) in [5.74, 6) is 1.03. The van der Waals surface area contributed by atoms with E-state index in [1.54, 1.807) is 7.11 Å². The Hall–Kier alpha value is -3.51. The van der Waals surface area contributed by atoms with Crippen molar-refractivity contribution in [2.24, 2.45) is 0 Å². The third kappa shape index (κ3) is 6.08. The molecule has 1 N–H and O–H groups in total. The van der Waals surface area contributed by atoms with Gasteiger partial charge < -0.3 is 24.8 Å². The van der Waals surface area contributed by atoms with Gasteiger partial charge in [0, 0.05) is 58.2 Å². The minimum absolute atomic E-state index is 0.163. The molecule has 0 bridgehead atoms. The Morgan fingerprint density at radius 2 is 1.59 bits per heavy atom. The number of anilines is 2. The first-order valence-electron chi connectivity index (χ1n) is 11.7. The summed E-state index contributed by atoms with van der Waals surface area (Å²) in [6, 6.07) is 25.5. The highest BCUT2D eigenvalue weighted by molar-refractivity contribution is 5.79. The van der Waals surface area contributed by atoms with Crippen LogP contribution in [0.25, 0.3) is 0 Å². The van der Waals surface area contributed by atoms with Gasteiger partial charge in [-0.3, -0.25) is 4.79 Å². The lowest BCUT2D eigenvalue weighted by Gasteiger charge is -2.28. The summed E-state index contributed by atoms with van der Waals surface area (Å²) in [7, 11) is 5.83. The standard InChI is InChI=1S/C28H34N4O2/c1-30(2)26-8-4-6-23(16-26)20-32(21-24-7-5-9-27(17-24)34-3)25-12-10-22(11-13-25)19-31-15-14-29-18-28(31)33/h4-13,16-17,29H,14-15,18-21H2,1-3H3. The first-order chi connectivity index (χ1) is 16.5. The zero-order valence-corrected chi connectivity index (χ0v) is 20.3. The predicted octanol–water partition coefficient (Wildman–Crippen LogP) is 3.90. The van der Waals surface area contributed by atoms with Gasteiger partial charge in [0.1, 0.15) is 5.75 Å². The SMILES string of the molecule is COc1cccc(CN(Cc2cccc(N(C)C)c2)c2ccc(CN3CCNCC3=O)cc2)c1. The van der Waals surface area contributed by atoms with Crippen LogP contribution in [0.3, 0.4) is 0 Å². The predicted molar refractivity (Wildman–Crippen MR) is 138 cm³/mol. The van der Waals surface area contributed by atoms with Crippen LogP contribution in [0.2, 0.25) is 0 Å². The molecule has 0 atom stereocenters. The van der Waals surface area contributed by atoms with Gasteiger partial charge in [-0.25, -0.2) is 0 Å². The van der Waals surface area contributed by atoms with E-state index < -0.39 is 0 Å². The van der Waals surface area contributed by atoms with Gasteiger partial charge in [0.05, 0.1) is 13.7 Å². The number of methoxy groups -OCH3 is 1. The van der Waals surface area contributed by atoms with Gasteiger partial charge >= 0.3 is 0 Å². The molecule has 0 unspecified atom stereocenters. The van der Waals surface area contributed by atoms with Crippen molar-refractivity contribution >= 4 is 17.3 Å². The number of amides is 1. The number of ether oxygens (including phenoxy) is 1. The Kier molecular flexibility index (Phi) is 7.70. The molecule has 1 amide bonds. The molecule has 6 nitrogen and oxygen atoms in total. The largest absolute Gasteiger partial charge is 0.497 e. The number of rotatable bonds is 9. The normalized spacial score (nSPS) is 13.6. The van der Waals surface area contributed by atoms with Crippen LogP contribution in [-0.2, 0) is 24.4 Å². The van der Waals surface area contributed by atoms with Gasteiger partial charge in [-0.1, -0.05) is 36.4 Å². The molecule has 1 fully saturated rings. The van der Waals surface area contributed by atoms with Crippen LogP contribution >= 0.6 is 0 Å². The van der Waals surface area contributed by atoms with Gasteiger partial charge in [0.2, 0.25) is 5.91 Å².